The Bertz CT molecular complexity index is 894. The second-order valence-corrected chi connectivity index (χ2v) is 7.87. The lowest BCUT2D eigenvalue weighted by molar-refractivity contribution is -0.137. The molecule has 0 unspecified atom stereocenters. The lowest BCUT2D eigenvalue weighted by Crippen LogP contribution is -2.45. The van der Waals surface area contributed by atoms with Crippen LogP contribution < -0.4 is 5.32 Å². The van der Waals surface area contributed by atoms with E-state index in [1.807, 2.05) is 0 Å². The van der Waals surface area contributed by atoms with Gasteiger partial charge in [0.25, 0.3) is 5.91 Å². The minimum Gasteiger partial charge on any atom is -0.379 e. The van der Waals surface area contributed by atoms with E-state index in [1.165, 1.54) is 30.3 Å². The van der Waals surface area contributed by atoms with Crippen molar-refractivity contribution in [3.8, 4) is 0 Å². The standard InChI is InChI=1S/C17H16F3NO4S/c1-16(23,11-26(24,25)14-8-3-2-4-9-14)15(22)21-13-7-5-6-12(10-13)17(18,19)20/h2-10,23H,11H2,1H3,(H,21,22)/t16-/m0/s1. The molecule has 0 fully saturated rings. The van der Waals surface area contributed by atoms with Gasteiger partial charge in [-0.2, -0.15) is 13.2 Å². The SMILES string of the molecule is C[C@](O)(CS(=O)(=O)c1ccccc1)C(=O)Nc1cccc(C(F)(F)F)c1. The maximum atomic E-state index is 12.7. The van der Waals surface area contributed by atoms with Crippen molar-refractivity contribution >= 4 is 21.4 Å². The molecule has 0 saturated heterocycles. The maximum Gasteiger partial charge on any atom is 0.416 e. The molecule has 2 rings (SSSR count). The minimum absolute atomic E-state index is 0.0767. The Balaban J connectivity index is 2.18. The van der Waals surface area contributed by atoms with Gasteiger partial charge >= 0.3 is 6.18 Å². The summed E-state index contributed by atoms with van der Waals surface area (Å²) < 4.78 is 62.7. The number of carbonyl (C=O) groups is 1. The van der Waals surface area contributed by atoms with Crippen LogP contribution in [0.25, 0.3) is 0 Å². The van der Waals surface area contributed by atoms with Crippen LogP contribution >= 0.6 is 0 Å². The molecule has 26 heavy (non-hydrogen) atoms. The number of aliphatic hydroxyl groups is 1. The number of benzene rings is 2. The summed E-state index contributed by atoms with van der Waals surface area (Å²) in [5.41, 5.74) is -3.53. The second-order valence-electron chi connectivity index (χ2n) is 5.88. The number of rotatable bonds is 5. The van der Waals surface area contributed by atoms with Crippen LogP contribution in [0.3, 0.4) is 0 Å². The van der Waals surface area contributed by atoms with E-state index >= 15 is 0 Å². The fourth-order valence-electron chi connectivity index (χ4n) is 2.19. The van der Waals surface area contributed by atoms with Gasteiger partial charge in [-0.25, -0.2) is 8.42 Å². The van der Waals surface area contributed by atoms with E-state index in [0.717, 1.165) is 19.1 Å². The third-order valence-corrected chi connectivity index (χ3v) is 5.44. The number of hydrogen-bond acceptors (Lipinski definition) is 4. The molecule has 2 aromatic rings. The van der Waals surface area contributed by atoms with E-state index in [-0.39, 0.29) is 10.6 Å². The topological polar surface area (TPSA) is 83.5 Å². The van der Waals surface area contributed by atoms with E-state index in [9.17, 15) is 31.5 Å². The van der Waals surface area contributed by atoms with Crippen molar-refractivity contribution in [2.45, 2.75) is 23.6 Å². The fraction of sp³-hybridized carbons (Fsp3) is 0.235. The molecule has 140 valence electrons. The molecular weight excluding hydrogens is 371 g/mol. The summed E-state index contributed by atoms with van der Waals surface area (Å²) in [4.78, 5) is 12.1. The summed E-state index contributed by atoms with van der Waals surface area (Å²) in [6.07, 6.45) is -4.60. The molecule has 0 aliphatic rings. The largest absolute Gasteiger partial charge is 0.416 e. The highest BCUT2D eigenvalue weighted by atomic mass is 32.2. The molecule has 0 spiro atoms. The first kappa shape index (κ1) is 19.9. The van der Waals surface area contributed by atoms with Crippen molar-refractivity contribution < 1.29 is 31.5 Å². The molecule has 1 atom stereocenters. The van der Waals surface area contributed by atoms with Crippen LogP contribution in [-0.2, 0) is 20.8 Å². The predicted octanol–water partition coefficient (Wildman–Crippen LogP) is 2.87. The first-order valence-corrected chi connectivity index (χ1v) is 9.06. The molecule has 0 aromatic heterocycles. The number of alkyl halides is 3. The molecule has 5 nitrogen and oxygen atoms in total. The highest BCUT2D eigenvalue weighted by Crippen LogP contribution is 2.31. The lowest BCUT2D eigenvalue weighted by Gasteiger charge is -2.22. The van der Waals surface area contributed by atoms with E-state index in [1.54, 1.807) is 6.07 Å². The van der Waals surface area contributed by atoms with Gasteiger partial charge in [-0.05, 0) is 37.3 Å². The van der Waals surface area contributed by atoms with Crippen LogP contribution in [0, 0.1) is 0 Å². The van der Waals surface area contributed by atoms with Gasteiger partial charge in [0, 0.05) is 5.69 Å². The fourth-order valence-corrected chi connectivity index (χ4v) is 3.80. The van der Waals surface area contributed by atoms with Gasteiger partial charge in [0.15, 0.2) is 15.4 Å². The number of sulfone groups is 1. The molecule has 2 N–H and O–H groups in total. The van der Waals surface area contributed by atoms with E-state index < -0.39 is 38.8 Å². The van der Waals surface area contributed by atoms with Gasteiger partial charge < -0.3 is 10.4 Å². The van der Waals surface area contributed by atoms with Crippen molar-refractivity contribution in [2.24, 2.45) is 0 Å². The Kier molecular flexibility index (Phi) is 5.43. The van der Waals surface area contributed by atoms with Crippen LogP contribution in [-0.4, -0.2) is 30.8 Å². The van der Waals surface area contributed by atoms with Crippen LogP contribution in [0.2, 0.25) is 0 Å². The number of halogens is 3. The van der Waals surface area contributed by atoms with Crippen molar-refractivity contribution in [3.05, 3.63) is 60.2 Å². The van der Waals surface area contributed by atoms with E-state index in [2.05, 4.69) is 5.32 Å². The van der Waals surface area contributed by atoms with Crippen molar-refractivity contribution in [1.82, 2.24) is 0 Å². The average molecular weight is 387 g/mol. The molecule has 9 heteroatoms. The highest BCUT2D eigenvalue weighted by Gasteiger charge is 2.37. The molecule has 0 aliphatic heterocycles. The summed E-state index contributed by atoms with van der Waals surface area (Å²) in [7, 11) is -3.98. The van der Waals surface area contributed by atoms with Crippen molar-refractivity contribution in [1.29, 1.82) is 0 Å². The third-order valence-electron chi connectivity index (χ3n) is 3.51. The number of nitrogens with one attached hydrogen (secondary N) is 1. The highest BCUT2D eigenvalue weighted by molar-refractivity contribution is 7.91. The molecule has 0 bridgehead atoms. The minimum atomic E-state index is -4.60. The summed E-state index contributed by atoms with van der Waals surface area (Å²) in [6, 6.07) is 11.0. The maximum absolute atomic E-state index is 12.7. The van der Waals surface area contributed by atoms with Gasteiger partial charge in [0.1, 0.15) is 0 Å². The van der Waals surface area contributed by atoms with Crippen LogP contribution in [0.5, 0.6) is 0 Å². The van der Waals surface area contributed by atoms with Crippen molar-refractivity contribution in [2.75, 3.05) is 11.1 Å². The first-order valence-electron chi connectivity index (χ1n) is 7.41. The number of anilines is 1. The second kappa shape index (κ2) is 7.08. The quantitative estimate of drug-likeness (QED) is 0.826. The molecule has 0 heterocycles. The van der Waals surface area contributed by atoms with Gasteiger partial charge in [-0.1, -0.05) is 24.3 Å². The molecule has 2 aromatic carbocycles. The molecule has 0 radical (unpaired) electrons. The van der Waals surface area contributed by atoms with Gasteiger partial charge in [0.05, 0.1) is 16.2 Å². The summed E-state index contributed by atoms with van der Waals surface area (Å²) >= 11 is 0. The summed E-state index contributed by atoms with van der Waals surface area (Å²) in [6.45, 7) is 0.983. The molecular formula is C17H16F3NO4S. The first-order chi connectivity index (χ1) is 11.9. The zero-order valence-corrected chi connectivity index (χ0v) is 14.4. The molecule has 0 aliphatic carbocycles. The predicted molar refractivity (Wildman–Crippen MR) is 89.2 cm³/mol. The van der Waals surface area contributed by atoms with Crippen molar-refractivity contribution in [3.63, 3.8) is 0 Å². The zero-order valence-electron chi connectivity index (χ0n) is 13.6. The van der Waals surface area contributed by atoms with E-state index in [4.69, 9.17) is 0 Å². The molecule has 1 amide bonds. The van der Waals surface area contributed by atoms with E-state index in [0.29, 0.717) is 6.07 Å². The summed E-state index contributed by atoms with van der Waals surface area (Å²) in [5, 5.41) is 12.4. The average Bonchev–Trinajstić information content (AvgIpc) is 2.54. The lowest BCUT2D eigenvalue weighted by atomic mass is 10.1. The Hall–Kier alpha value is -2.39. The Morgan fingerprint density at radius 3 is 2.27 bits per heavy atom. The molecule has 0 saturated carbocycles. The normalized spacial score (nSPS) is 14.5. The smallest absolute Gasteiger partial charge is 0.379 e. The van der Waals surface area contributed by atoms with Crippen LogP contribution in [0.4, 0.5) is 18.9 Å². The summed E-state index contributed by atoms with van der Waals surface area (Å²) in [5.74, 6) is -2.05. The Morgan fingerprint density at radius 2 is 1.69 bits per heavy atom. The number of hydrogen-bond donors (Lipinski definition) is 2. The van der Waals surface area contributed by atoms with Gasteiger partial charge in [-0.15, -0.1) is 0 Å². The Labute approximate surface area is 148 Å². The number of amides is 1. The monoisotopic (exact) mass is 387 g/mol. The number of carbonyl (C=O) groups excluding carboxylic acids is 1. The van der Waals surface area contributed by atoms with Gasteiger partial charge in [-0.3, -0.25) is 4.79 Å². The Morgan fingerprint density at radius 1 is 1.08 bits per heavy atom. The van der Waals surface area contributed by atoms with Crippen LogP contribution in [0.15, 0.2) is 59.5 Å². The van der Waals surface area contributed by atoms with Gasteiger partial charge in [0.2, 0.25) is 0 Å². The zero-order chi connectivity index (χ0) is 19.6. The van der Waals surface area contributed by atoms with Crippen LogP contribution in [0.1, 0.15) is 12.5 Å². The third kappa shape index (κ3) is 4.83.